The second kappa shape index (κ2) is 5.97. The van der Waals surface area contributed by atoms with Crippen LogP contribution in [0, 0.1) is 0 Å². The van der Waals surface area contributed by atoms with E-state index in [1.54, 1.807) is 24.3 Å². The Hall–Kier alpha value is -3.07. The molecule has 0 saturated heterocycles. The van der Waals surface area contributed by atoms with E-state index in [1.807, 2.05) is 0 Å². The van der Waals surface area contributed by atoms with Crippen LogP contribution in [0.5, 0.6) is 0 Å². The molecule has 1 aromatic carbocycles. The number of benzene rings is 1. The minimum atomic E-state index is -0.613. The maximum atomic E-state index is 12.3. The molecule has 8 nitrogen and oxygen atoms in total. The maximum absolute atomic E-state index is 12.3. The Balaban J connectivity index is 1.78. The van der Waals surface area contributed by atoms with Crippen molar-refractivity contribution >= 4 is 39.2 Å². The largest absolute Gasteiger partial charge is 0.365 e. The number of fused-ring (bicyclic) bond motifs is 1. The summed E-state index contributed by atoms with van der Waals surface area (Å²) < 4.78 is 1.21. The van der Waals surface area contributed by atoms with Gasteiger partial charge in [0.15, 0.2) is 5.13 Å². The van der Waals surface area contributed by atoms with E-state index in [1.165, 1.54) is 17.1 Å². The third-order valence-corrected chi connectivity index (χ3v) is 3.97. The van der Waals surface area contributed by atoms with Gasteiger partial charge in [0.05, 0.1) is 23.4 Å². The number of primary amides is 1. The number of nitrogens with two attached hydrogens (primary N) is 1. The first-order valence-corrected chi connectivity index (χ1v) is 7.36. The number of carbonyl (C=O) groups excluding carboxylic acids is 2. The molecule has 2 heterocycles. The number of aromatic nitrogens is 3. The highest BCUT2D eigenvalue weighted by molar-refractivity contribution is 7.17. The van der Waals surface area contributed by atoms with Crippen LogP contribution in [0.2, 0.25) is 0 Å². The number of thiazole rings is 1. The fourth-order valence-corrected chi connectivity index (χ4v) is 2.66. The van der Waals surface area contributed by atoms with Crippen LogP contribution in [-0.4, -0.2) is 26.3 Å². The van der Waals surface area contributed by atoms with E-state index in [0.717, 1.165) is 11.3 Å². The van der Waals surface area contributed by atoms with Crippen molar-refractivity contribution in [3.63, 3.8) is 0 Å². The van der Waals surface area contributed by atoms with Crippen LogP contribution in [-0.2, 0) is 11.3 Å². The van der Waals surface area contributed by atoms with E-state index < -0.39 is 11.8 Å². The van der Waals surface area contributed by atoms with Crippen molar-refractivity contribution in [2.24, 2.45) is 5.73 Å². The molecule has 0 atom stereocenters. The van der Waals surface area contributed by atoms with Crippen LogP contribution >= 0.6 is 11.3 Å². The van der Waals surface area contributed by atoms with E-state index in [4.69, 9.17) is 5.73 Å². The monoisotopic (exact) mass is 329 g/mol. The molecule has 2 amide bonds. The molecule has 0 aliphatic rings. The van der Waals surface area contributed by atoms with E-state index in [-0.39, 0.29) is 22.1 Å². The lowest BCUT2D eigenvalue weighted by atomic mass is 10.2. The lowest BCUT2D eigenvalue weighted by Gasteiger charge is -2.06. The molecule has 0 bridgehead atoms. The minimum Gasteiger partial charge on any atom is -0.365 e. The first kappa shape index (κ1) is 14.9. The number of carbonyl (C=O) groups is 2. The number of para-hydroxylation sites is 1. The van der Waals surface area contributed by atoms with Gasteiger partial charge in [-0.05, 0) is 12.1 Å². The number of nitrogens with one attached hydrogen (secondary N) is 1. The Bertz CT molecular complexity index is 962. The number of anilines is 1. The molecule has 23 heavy (non-hydrogen) atoms. The summed E-state index contributed by atoms with van der Waals surface area (Å²) in [4.78, 5) is 43.5. The van der Waals surface area contributed by atoms with Gasteiger partial charge >= 0.3 is 0 Å². The van der Waals surface area contributed by atoms with E-state index in [2.05, 4.69) is 15.3 Å². The first-order chi connectivity index (χ1) is 11.0. The topological polar surface area (TPSA) is 120 Å². The third kappa shape index (κ3) is 3.09. The van der Waals surface area contributed by atoms with Crippen LogP contribution in [0.3, 0.4) is 0 Å². The predicted octanol–water partition coefficient (Wildman–Crippen LogP) is 0.591. The highest BCUT2D eigenvalue weighted by Crippen LogP contribution is 2.17. The average molecular weight is 329 g/mol. The molecule has 116 valence electrons. The molecule has 0 aliphatic carbocycles. The highest BCUT2D eigenvalue weighted by atomic mass is 32.1. The zero-order valence-electron chi connectivity index (χ0n) is 11.7. The maximum Gasteiger partial charge on any atom is 0.261 e. The van der Waals surface area contributed by atoms with Gasteiger partial charge < -0.3 is 11.1 Å². The molecule has 0 radical (unpaired) electrons. The summed E-state index contributed by atoms with van der Waals surface area (Å²) in [6, 6.07) is 6.89. The summed E-state index contributed by atoms with van der Waals surface area (Å²) in [7, 11) is 0. The molecule has 0 aliphatic heterocycles. The molecule has 0 unspecified atom stereocenters. The molecule has 3 N–H and O–H groups in total. The summed E-state index contributed by atoms with van der Waals surface area (Å²) in [5, 5.41) is 3.19. The Labute approximate surface area is 133 Å². The summed E-state index contributed by atoms with van der Waals surface area (Å²) in [6.07, 6.45) is 2.60. The summed E-state index contributed by atoms with van der Waals surface area (Å²) in [5.41, 5.74) is 5.39. The van der Waals surface area contributed by atoms with Crippen molar-refractivity contribution in [1.82, 2.24) is 14.5 Å². The van der Waals surface area contributed by atoms with Gasteiger partial charge in [0, 0.05) is 0 Å². The van der Waals surface area contributed by atoms with Crippen molar-refractivity contribution < 1.29 is 9.59 Å². The van der Waals surface area contributed by atoms with Crippen LogP contribution < -0.4 is 16.6 Å². The smallest absolute Gasteiger partial charge is 0.261 e. The van der Waals surface area contributed by atoms with Gasteiger partial charge in [-0.25, -0.2) is 9.97 Å². The molecule has 0 spiro atoms. The van der Waals surface area contributed by atoms with Crippen molar-refractivity contribution in [2.75, 3.05) is 5.32 Å². The molecule has 0 saturated carbocycles. The predicted molar refractivity (Wildman–Crippen MR) is 85.3 cm³/mol. The Morgan fingerprint density at radius 2 is 2.04 bits per heavy atom. The zero-order valence-corrected chi connectivity index (χ0v) is 12.5. The standard InChI is InChI=1S/C14H11N5O3S/c15-12(21)10-5-16-14(23-10)18-11(20)6-19-7-17-9-4-2-1-3-8(9)13(19)22/h1-5,7H,6H2,(H2,15,21)(H,16,18,20). The van der Waals surface area contributed by atoms with Gasteiger partial charge in [-0.15, -0.1) is 0 Å². The van der Waals surface area contributed by atoms with Crippen LogP contribution in [0.1, 0.15) is 9.67 Å². The first-order valence-electron chi connectivity index (χ1n) is 6.54. The summed E-state index contributed by atoms with van der Waals surface area (Å²) in [5.74, 6) is -1.06. The summed E-state index contributed by atoms with van der Waals surface area (Å²) in [6.45, 7) is -0.206. The molecular weight excluding hydrogens is 318 g/mol. The molecular formula is C14H11N5O3S. The van der Waals surface area contributed by atoms with Gasteiger partial charge in [-0.2, -0.15) is 0 Å². The van der Waals surface area contributed by atoms with Gasteiger partial charge in [0.1, 0.15) is 11.4 Å². The van der Waals surface area contributed by atoms with Gasteiger partial charge in [0.2, 0.25) is 5.91 Å². The Kier molecular flexibility index (Phi) is 3.85. The molecule has 3 aromatic rings. The molecule has 9 heteroatoms. The number of nitrogens with zero attached hydrogens (tertiary/aromatic N) is 3. The van der Waals surface area contributed by atoms with E-state index in [9.17, 15) is 14.4 Å². The van der Waals surface area contributed by atoms with Crippen LogP contribution in [0.4, 0.5) is 5.13 Å². The van der Waals surface area contributed by atoms with Gasteiger partial charge in [-0.3, -0.25) is 19.0 Å². The summed E-state index contributed by atoms with van der Waals surface area (Å²) >= 11 is 0.966. The second-order valence-corrected chi connectivity index (χ2v) is 5.67. The van der Waals surface area contributed by atoms with E-state index in [0.29, 0.717) is 10.9 Å². The third-order valence-electron chi connectivity index (χ3n) is 3.04. The average Bonchev–Trinajstić information content (AvgIpc) is 2.99. The minimum absolute atomic E-state index is 0.206. The number of amides is 2. The normalized spacial score (nSPS) is 10.6. The fraction of sp³-hybridized carbons (Fsp3) is 0.0714. The molecule has 3 rings (SSSR count). The van der Waals surface area contributed by atoms with Crippen molar-refractivity contribution in [3.8, 4) is 0 Å². The van der Waals surface area contributed by atoms with Crippen LogP contribution in [0.15, 0.2) is 41.6 Å². The SMILES string of the molecule is NC(=O)c1cnc(NC(=O)Cn2cnc3ccccc3c2=O)s1. The van der Waals surface area contributed by atoms with Gasteiger partial charge in [0.25, 0.3) is 11.5 Å². The number of hydrogen-bond donors (Lipinski definition) is 2. The van der Waals surface area contributed by atoms with Crippen molar-refractivity contribution in [3.05, 3.63) is 52.0 Å². The van der Waals surface area contributed by atoms with Gasteiger partial charge in [-0.1, -0.05) is 23.5 Å². The quantitative estimate of drug-likeness (QED) is 0.726. The van der Waals surface area contributed by atoms with E-state index >= 15 is 0 Å². The second-order valence-electron chi connectivity index (χ2n) is 4.64. The zero-order chi connectivity index (χ0) is 16.4. The van der Waals surface area contributed by atoms with Crippen molar-refractivity contribution in [2.45, 2.75) is 6.54 Å². The lowest BCUT2D eigenvalue weighted by molar-refractivity contribution is -0.116. The Morgan fingerprint density at radius 3 is 2.78 bits per heavy atom. The van der Waals surface area contributed by atoms with Crippen molar-refractivity contribution in [1.29, 1.82) is 0 Å². The Morgan fingerprint density at radius 1 is 1.26 bits per heavy atom. The fourth-order valence-electron chi connectivity index (χ4n) is 1.98. The number of hydrogen-bond acceptors (Lipinski definition) is 6. The molecule has 0 fully saturated rings. The highest BCUT2D eigenvalue weighted by Gasteiger charge is 2.11. The van der Waals surface area contributed by atoms with Crippen LogP contribution in [0.25, 0.3) is 10.9 Å². The molecule has 2 aromatic heterocycles. The number of rotatable bonds is 4. The lowest BCUT2D eigenvalue weighted by Crippen LogP contribution is -2.27.